The number of hydrogen-bond acceptors (Lipinski definition) is 5. The number of ether oxygens (including phenoxy) is 2. The fourth-order valence-corrected chi connectivity index (χ4v) is 2.49. The SMILES string of the molecule is COc1ccc(Cl)cc1C(=O)OCc1cc(-c2ccc(Cl)cc2)on1. The Morgan fingerprint density at radius 2 is 1.80 bits per heavy atom. The van der Waals surface area contributed by atoms with Crippen molar-refractivity contribution in [3.05, 3.63) is 69.8 Å². The first-order chi connectivity index (χ1) is 12.1. The zero-order valence-electron chi connectivity index (χ0n) is 13.2. The summed E-state index contributed by atoms with van der Waals surface area (Å²) in [4.78, 5) is 12.2. The highest BCUT2D eigenvalue weighted by molar-refractivity contribution is 6.31. The van der Waals surface area contributed by atoms with Crippen LogP contribution in [0.25, 0.3) is 11.3 Å². The van der Waals surface area contributed by atoms with Crippen molar-refractivity contribution in [2.24, 2.45) is 0 Å². The molecule has 7 heteroatoms. The van der Waals surface area contributed by atoms with Crippen LogP contribution in [0.1, 0.15) is 16.1 Å². The van der Waals surface area contributed by atoms with Gasteiger partial charge in [0.25, 0.3) is 0 Å². The average molecular weight is 378 g/mol. The third-order valence-electron chi connectivity index (χ3n) is 3.42. The number of nitrogens with zero attached hydrogens (tertiary/aromatic N) is 1. The maximum atomic E-state index is 12.2. The van der Waals surface area contributed by atoms with Gasteiger partial charge in [0.1, 0.15) is 23.6 Å². The molecule has 0 aliphatic rings. The van der Waals surface area contributed by atoms with Gasteiger partial charge in [-0.05, 0) is 42.5 Å². The zero-order chi connectivity index (χ0) is 17.8. The van der Waals surface area contributed by atoms with Gasteiger partial charge in [-0.3, -0.25) is 0 Å². The largest absolute Gasteiger partial charge is 0.496 e. The van der Waals surface area contributed by atoms with E-state index in [1.165, 1.54) is 13.2 Å². The lowest BCUT2D eigenvalue weighted by Crippen LogP contribution is -2.07. The molecule has 1 aromatic heterocycles. The van der Waals surface area contributed by atoms with Crippen LogP contribution in [0.4, 0.5) is 0 Å². The van der Waals surface area contributed by atoms with Gasteiger partial charge in [-0.1, -0.05) is 28.4 Å². The topological polar surface area (TPSA) is 61.6 Å². The van der Waals surface area contributed by atoms with Crippen molar-refractivity contribution < 1.29 is 18.8 Å². The predicted molar refractivity (Wildman–Crippen MR) is 94.1 cm³/mol. The zero-order valence-corrected chi connectivity index (χ0v) is 14.7. The van der Waals surface area contributed by atoms with Crippen molar-refractivity contribution in [3.63, 3.8) is 0 Å². The van der Waals surface area contributed by atoms with E-state index in [1.807, 2.05) is 12.1 Å². The highest BCUT2D eigenvalue weighted by Gasteiger charge is 2.16. The number of aromatic nitrogens is 1. The molecule has 25 heavy (non-hydrogen) atoms. The summed E-state index contributed by atoms with van der Waals surface area (Å²) < 4.78 is 15.7. The lowest BCUT2D eigenvalue weighted by atomic mass is 10.1. The van der Waals surface area contributed by atoms with Gasteiger partial charge in [-0.15, -0.1) is 0 Å². The van der Waals surface area contributed by atoms with Crippen LogP contribution in [0.5, 0.6) is 5.75 Å². The number of methoxy groups -OCH3 is 1. The van der Waals surface area contributed by atoms with Gasteiger partial charge in [0.05, 0.1) is 7.11 Å². The summed E-state index contributed by atoms with van der Waals surface area (Å²) in [5, 5.41) is 4.95. The van der Waals surface area contributed by atoms with Gasteiger partial charge in [0.15, 0.2) is 5.76 Å². The Labute approximate surface area is 154 Å². The smallest absolute Gasteiger partial charge is 0.342 e. The van der Waals surface area contributed by atoms with Crippen LogP contribution in [0.3, 0.4) is 0 Å². The van der Waals surface area contributed by atoms with E-state index in [0.29, 0.717) is 27.2 Å². The molecule has 3 rings (SSSR count). The molecule has 3 aromatic rings. The van der Waals surface area contributed by atoms with Crippen LogP contribution in [0.2, 0.25) is 10.0 Å². The minimum absolute atomic E-state index is 0.0361. The summed E-state index contributed by atoms with van der Waals surface area (Å²) in [7, 11) is 1.47. The fraction of sp³-hybridized carbons (Fsp3) is 0.111. The molecule has 0 fully saturated rings. The molecule has 0 spiro atoms. The van der Waals surface area contributed by atoms with E-state index < -0.39 is 5.97 Å². The molecule has 0 aliphatic carbocycles. The van der Waals surface area contributed by atoms with E-state index in [-0.39, 0.29) is 12.2 Å². The van der Waals surface area contributed by atoms with Gasteiger partial charge in [0.2, 0.25) is 0 Å². The van der Waals surface area contributed by atoms with E-state index in [1.54, 1.807) is 30.3 Å². The first-order valence-electron chi connectivity index (χ1n) is 7.29. The van der Waals surface area contributed by atoms with Crippen LogP contribution in [-0.2, 0) is 11.3 Å². The average Bonchev–Trinajstić information content (AvgIpc) is 3.09. The Morgan fingerprint density at radius 1 is 1.08 bits per heavy atom. The van der Waals surface area contributed by atoms with E-state index in [0.717, 1.165) is 5.56 Å². The summed E-state index contributed by atoms with van der Waals surface area (Å²) in [5.74, 6) is 0.384. The molecule has 0 unspecified atom stereocenters. The predicted octanol–water partition coefficient (Wildman–Crippen LogP) is 5.01. The molecule has 5 nitrogen and oxygen atoms in total. The Kier molecular flexibility index (Phi) is 5.26. The fourth-order valence-electron chi connectivity index (χ4n) is 2.19. The Hall–Kier alpha value is -2.50. The van der Waals surface area contributed by atoms with E-state index in [2.05, 4.69) is 5.16 Å². The summed E-state index contributed by atoms with van der Waals surface area (Å²) >= 11 is 11.8. The number of esters is 1. The van der Waals surface area contributed by atoms with Gasteiger partial charge >= 0.3 is 5.97 Å². The molecule has 128 valence electrons. The molecule has 0 radical (unpaired) electrons. The van der Waals surface area contributed by atoms with Crippen LogP contribution in [0.15, 0.2) is 53.1 Å². The quantitative estimate of drug-likeness (QED) is 0.584. The molecule has 2 aromatic carbocycles. The molecular weight excluding hydrogens is 365 g/mol. The molecule has 0 atom stereocenters. The number of carbonyl (C=O) groups excluding carboxylic acids is 1. The second-order valence-corrected chi connectivity index (χ2v) is 5.98. The van der Waals surface area contributed by atoms with Crippen molar-refractivity contribution in [1.82, 2.24) is 5.16 Å². The number of carbonyl (C=O) groups is 1. The monoisotopic (exact) mass is 377 g/mol. The molecule has 0 aliphatic heterocycles. The summed E-state index contributed by atoms with van der Waals surface area (Å²) in [6.07, 6.45) is 0. The van der Waals surface area contributed by atoms with Crippen LogP contribution < -0.4 is 4.74 Å². The first kappa shape index (κ1) is 17.3. The summed E-state index contributed by atoms with van der Waals surface area (Å²) in [6, 6.07) is 13.6. The van der Waals surface area contributed by atoms with Crippen molar-refractivity contribution in [2.75, 3.05) is 7.11 Å². The summed E-state index contributed by atoms with van der Waals surface area (Å²) in [6.45, 7) is -0.0361. The minimum atomic E-state index is -0.560. The molecule has 1 heterocycles. The molecule has 0 N–H and O–H groups in total. The highest BCUT2D eigenvalue weighted by atomic mass is 35.5. The van der Waals surface area contributed by atoms with Crippen molar-refractivity contribution in [3.8, 4) is 17.1 Å². The molecule has 0 saturated carbocycles. The minimum Gasteiger partial charge on any atom is -0.496 e. The van der Waals surface area contributed by atoms with Crippen molar-refractivity contribution in [1.29, 1.82) is 0 Å². The Morgan fingerprint density at radius 3 is 2.52 bits per heavy atom. The van der Waals surface area contributed by atoms with E-state index in [4.69, 9.17) is 37.2 Å². The lowest BCUT2D eigenvalue weighted by molar-refractivity contribution is 0.0460. The van der Waals surface area contributed by atoms with Gasteiger partial charge in [0, 0.05) is 21.7 Å². The van der Waals surface area contributed by atoms with Gasteiger partial charge in [-0.25, -0.2) is 4.79 Å². The number of benzene rings is 2. The molecule has 0 saturated heterocycles. The van der Waals surface area contributed by atoms with Crippen LogP contribution in [-0.4, -0.2) is 18.2 Å². The second kappa shape index (κ2) is 7.59. The lowest BCUT2D eigenvalue weighted by Gasteiger charge is -2.08. The Balaban J connectivity index is 1.69. The first-order valence-corrected chi connectivity index (χ1v) is 8.04. The van der Waals surface area contributed by atoms with Crippen LogP contribution in [0, 0.1) is 0 Å². The maximum Gasteiger partial charge on any atom is 0.342 e. The van der Waals surface area contributed by atoms with E-state index in [9.17, 15) is 4.79 Å². The number of hydrogen-bond donors (Lipinski definition) is 0. The normalized spacial score (nSPS) is 10.5. The third kappa shape index (κ3) is 4.13. The van der Waals surface area contributed by atoms with Gasteiger partial charge < -0.3 is 14.0 Å². The third-order valence-corrected chi connectivity index (χ3v) is 3.91. The summed E-state index contributed by atoms with van der Waals surface area (Å²) in [5.41, 5.74) is 1.56. The number of halogens is 2. The van der Waals surface area contributed by atoms with Crippen molar-refractivity contribution in [2.45, 2.75) is 6.61 Å². The number of rotatable bonds is 5. The molecule has 0 bridgehead atoms. The maximum absolute atomic E-state index is 12.2. The van der Waals surface area contributed by atoms with Gasteiger partial charge in [-0.2, -0.15) is 0 Å². The highest BCUT2D eigenvalue weighted by Crippen LogP contribution is 2.25. The molecule has 0 amide bonds. The standard InChI is InChI=1S/C18H13Cl2NO4/c1-23-16-7-6-13(20)8-15(16)18(22)24-10-14-9-17(25-21-14)11-2-4-12(19)5-3-11/h2-9H,10H2,1H3. The molecular formula is C18H13Cl2NO4. The van der Waals surface area contributed by atoms with Crippen LogP contribution >= 0.6 is 23.2 Å². The van der Waals surface area contributed by atoms with Crippen molar-refractivity contribution >= 4 is 29.2 Å². The Bertz CT molecular complexity index is 890. The van der Waals surface area contributed by atoms with E-state index >= 15 is 0 Å². The second-order valence-electron chi connectivity index (χ2n) is 5.11.